The second-order valence-corrected chi connectivity index (χ2v) is 6.70. The summed E-state index contributed by atoms with van der Waals surface area (Å²) >= 11 is 0. The fourth-order valence-electron chi connectivity index (χ4n) is 3.65. The average Bonchev–Trinajstić information content (AvgIpc) is 2.45. The van der Waals surface area contributed by atoms with Gasteiger partial charge in [0.2, 0.25) is 0 Å². The topological polar surface area (TPSA) is 47.0 Å². The number of ether oxygens (including phenoxy) is 1. The van der Waals surface area contributed by atoms with Gasteiger partial charge >= 0.3 is 0 Å². The predicted octanol–water partition coefficient (Wildman–Crippen LogP) is 4.00. The van der Waals surface area contributed by atoms with Crippen LogP contribution in [0.25, 0.3) is 0 Å². The van der Waals surface area contributed by atoms with E-state index in [2.05, 4.69) is 33.0 Å². The van der Waals surface area contributed by atoms with E-state index in [1.807, 2.05) is 7.05 Å². The lowest BCUT2D eigenvalue weighted by Gasteiger charge is -2.38. The third-order valence-corrected chi connectivity index (χ3v) is 4.70. The zero-order chi connectivity index (χ0) is 15.6. The monoisotopic (exact) mass is 291 g/mol. The number of hydrogen-bond acceptors (Lipinski definition) is 4. The predicted molar refractivity (Wildman–Crippen MR) is 86.7 cm³/mol. The summed E-state index contributed by atoms with van der Waals surface area (Å²) in [5, 5.41) is 3.24. The molecule has 0 bridgehead atoms. The molecule has 4 heteroatoms. The highest BCUT2D eigenvalue weighted by Crippen LogP contribution is 2.42. The van der Waals surface area contributed by atoms with Crippen LogP contribution in [0.4, 0.5) is 5.82 Å². The number of nitrogens with zero attached hydrogens (tertiary/aromatic N) is 2. The first-order chi connectivity index (χ1) is 9.93. The van der Waals surface area contributed by atoms with Crippen LogP contribution in [0.15, 0.2) is 0 Å². The number of nitrogens with one attached hydrogen (secondary N) is 1. The molecular formula is C17H29N3O. The molecule has 0 spiro atoms. The van der Waals surface area contributed by atoms with E-state index in [1.54, 1.807) is 7.11 Å². The Morgan fingerprint density at radius 1 is 1.33 bits per heavy atom. The van der Waals surface area contributed by atoms with Crippen molar-refractivity contribution in [2.45, 2.75) is 64.9 Å². The van der Waals surface area contributed by atoms with Crippen molar-refractivity contribution in [2.75, 3.05) is 19.5 Å². The van der Waals surface area contributed by atoms with Crippen molar-refractivity contribution in [3.63, 3.8) is 0 Å². The second kappa shape index (κ2) is 6.30. The Hall–Kier alpha value is -1.16. The third-order valence-electron chi connectivity index (χ3n) is 4.70. The molecule has 1 aromatic rings. The molecule has 1 aliphatic rings. The quantitative estimate of drug-likeness (QED) is 0.910. The number of rotatable bonds is 4. The highest BCUT2D eigenvalue weighted by molar-refractivity contribution is 5.48. The summed E-state index contributed by atoms with van der Waals surface area (Å²) < 4.78 is 5.94. The van der Waals surface area contributed by atoms with E-state index in [4.69, 9.17) is 14.7 Å². The summed E-state index contributed by atoms with van der Waals surface area (Å²) in [5.74, 6) is 2.86. The SMILES string of the molecule is CNc1nc(C2(OC)CCCC(C)C2)nc(C)c1C(C)C. The molecule has 1 N–H and O–H groups in total. The number of methoxy groups -OCH3 is 1. The molecule has 2 unspecified atom stereocenters. The van der Waals surface area contributed by atoms with Crippen molar-refractivity contribution in [3.05, 3.63) is 17.1 Å². The molecule has 1 saturated carbocycles. The lowest BCUT2D eigenvalue weighted by atomic mass is 9.78. The van der Waals surface area contributed by atoms with E-state index < -0.39 is 0 Å². The van der Waals surface area contributed by atoms with Gasteiger partial charge in [0.1, 0.15) is 11.4 Å². The van der Waals surface area contributed by atoms with Crippen molar-refractivity contribution in [1.29, 1.82) is 0 Å². The lowest BCUT2D eigenvalue weighted by Crippen LogP contribution is -2.36. The summed E-state index contributed by atoms with van der Waals surface area (Å²) in [6.07, 6.45) is 4.47. The minimum Gasteiger partial charge on any atom is -0.373 e. The van der Waals surface area contributed by atoms with E-state index in [0.717, 1.165) is 30.2 Å². The van der Waals surface area contributed by atoms with Crippen LogP contribution in [0, 0.1) is 12.8 Å². The van der Waals surface area contributed by atoms with E-state index in [1.165, 1.54) is 18.4 Å². The molecule has 2 atom stereocenters. The summed E-state index contributed by atoms with van der Waals surface area (Å²) in [4.78, 5) is 9.66. The molecule has 1 heterocycles. The molecule has 0 saturated heterocycles. The van der Waals surface area contributed by atoms with Crippen molar-refractivity contribution >= 4 is 5.82 Å². The highest BCUT2D eigenvalue weighted by Gasteiger charge is 2.40. The Bertz CT molecular complexity index is 501. The van der Waals surface area contributed by atoms with Gasteiger partial charge < -0.3 is 10.1 Å². The standard InChI is InChI=1S/C17H29N3O/c1-11(2)14-13(4)19-16(20-15(14)18-5)17(21-6)9-7-8-12(3)10-17/h11-12H,7-10H2,1-6H3,(H,18,19,20). The van der Waals surface area contributed by atoms with Gasteiger partial charge in [-0.25, -0.2) is 9.97 Å². The van der Waals surface area contributed by atoms with Gasteiger partial charge in [-0.3, -0.25) is 0 Å². The number of anilines is 1. The van der Waals surface area contributed by atoms with Crippen LogP contribution in [-0.2, 0) is 10.3 Å². The van der Waals surface area contributed by atoms with Gasteiger partial charge in [0.15, 0.2) is 5.82 Å². The van der Waals surface area contributed by atoms with Crippen molar-refractivity contribution in [2.24, 2.45) is 5.92 Å². The molecule has 1 fully saturated rings. The van der Waals surface area contributed by atoms with Crippen LogP contribution in [0.3, 0.4) is 0 Å². The molecule has 0 aliphatic heterocycles. The van der Waals surface area contributed by atoms with E-state index in [-0.39, 0.29) is 5.60 Å². The van der Waals surface area contributed by atoms with Gasteiger partial charge in [0, 0.05) is 25.4 Å². The Kier molecular flexibility index (Phi) is 4.87. The van der Waals surface area contributed by atoms with Crippen molar-refractivity contribution < 1.29 is 4.74 Å². The number of hydrogen-bond donors (Lipinski definition) is 1. The van der Waals surface area contributed by atoms with Crippen LogP contribution in [0.1, 0.15) is 69.5 Å². The first kappa shape index (κ1) is 16.2. The first-order valence-corrected chi connectivity index (χ1v) is 8.05. The Morgan fingerprint density at radius 2 is 2.05 bits per heavy atom. The molecule has 2 rings (SSSR count). The molecule has 0 aromatic carbocycles. The first-order valence-electron chi connectivity index (χ1n) is 8.05. The minimum atomic E-state index is -0.316. The molecule has 0 radical (unpaired) electrons. The maximum atomic E-state index is 5.94. The van der Waals surface area contributed by atoms with Crippen LogP contribution < -0.4 is 5.32 Å². The fraction of sp³-hybridized carbons (Fsp3) is 0.765. The molecular weight excluding hydrogens is 262 g/mol. The normalized spacial score (nSPS) is 26.1. The molecule has 1 aromatic heterocycles. The molecule has 4 nitrogen and oxygen atoms in total. The summed E-state index contributed by atoms with van der Waals surface area (Å²) in [7, 11) is 3.73. The van der Waals surface area contributed by atoms with Gasteiger partial charge in [-0.2, -0.15) is 0 Å². The molecule has 118 valence electrons. The minimum absolute atomic E-state index is 0.316. The zero-order valence-electron chi connectivity index (χ0n) is 14.3. The highest BCUT2D eigenvalue weighted by atomic mass is 16.5. The van der Waals surface area contributed by atoms with E-state index in [0.29, 0.717) is 11.8 Å². The summed E-state index contributed by atoms with van der Waals surface area (Å²) in [5.41, 5.74) is 1.95. The third kappa shape index (κ3) is 3.05. The Balaban J connectivity index is 2.50. The molecule has 0 amide bonds. The zero-order valence-corrected chi connectivity index (χ0v) is 14.3. The largest absolute Gasteiger partial charge is 0.373 e. The fourth-order valence-corrected chi connectivity index (χ4v) is 3.65. The maximum absolute atomic E-state index is 5.94. The van der Waals surface area contributed by atoms with Crippen molar-refractivity contribution in [3.8, 4) is 0 Å². The maximum Gasteiger partial charge on any atom is 0.162 e. The van der Waals surface area contributed by atoms with E-state index in [9.17, 15) is 0 Å². The molecule has 21 heavy (non-hydrogen) atoms. The van der Waals surface area contributed by atoms with Gasteiger partial charge in [-0.15, -0.1) is 0 Å². The van der Waals surface area contributed by atoms with Gasteiger partial charge in [-0.1, -0.05) is 27.2 Å². The number of aryl methyl sites for hydroxylation is 1. The lowest BCUT2D eigenvalue weighted by molar-refractivity contribution is -0.0646. The van der Waals surface area contributed by atoms with Crippen LogP contribution in [0.2, 0.25) is 0 Å². The van der Waals surface area contributed by atoms with E-state index >= 15 is 0 Å². The van der Waals surface area contributed by atoms with Crippen LogP contribution >= 0.6 is 0 Å². The number of aromatic nitrogens is 2. The van der Waals surface area contributed by atoms with Crippen LogP contribution in [0.5, 0.6) is 0 Å². The summed E-state index contributed by atoms with van der Waals surface area (Å²) in [6, 6.07) is 0. The van der Waals surface area contributed by atoms with Crippen LogP contribution in [-0.4, -0.2) is 24.1 Å². The van der Waals surface area contributed by atoms with Gasteiger partial charge in [-0.05, 0) is 38.0 Å². The van der Waals surface area contributed by atoms with Gasteiger partial charge in [0.25, 0.3) is 0 Å². The average molecular weight is 291 g/mol. The Morgan fingerprint density at radius 3 is 2.57 bits per heavy atom. The second-order valence-electron chi connectivity index (χ2n) is 6.70. The van der Waals surface area contributed by atoms with Crippen molar-refractivity contribution in [1.82, 2.24) is 9.97 Å². The Labute approximate surface area is 128 Å². The summed E-state index contributed by atoms with van der Waals surface area (Å²) in [6.45, 7) is 8.74. The van der Waals surface area contributed by atoms with Gasteiger partial charge in [0.05, 0.1) is 0 Å². The molecule has 1 aliphatic carbocycles. The smallest absolute Gasteiger partial charge is 0.162 e.